The summed E-state index contributed by atoms with van der Waals surface area (Å²) in [5, 5.41) is 2.95. The highest BCUT2D eigenvalue weighted by molar-refractivity contribution is 8.03. The van der Waals surface area contributed by atoms with Gasteiger partial charge in [-0.1, -0.05) is 48.2 Å². The number of carbonyl (C=O) groups excluding carboxylic acids is 1. The molecule has 0 aromatic heterocycles. The van der Waals surface area contributed by atoms with Crippen LogP contribution >= 0.6 is 11.8 Å². The third-order valence-corrected chi connectivity index (χ3v) is 5.28. The fourth-order valence-corrected chi connectivity index (χ4v) is 3.87. The van der Waals surface area contributed by atoms with Crippen molar-refractivity contribution in [3.8, 4) is 0 Å². The standard InChI is InChI=1S/C20H14FNOS/c1-22-17-11-16(21)8-9-19(17)24-20(22)12-18(23)15-7-6-13-4-2-3-5-14(13)10-15/h2-12H,1H3. The molecular formula is C20H14FNOS. The van der Waals surface area contributed by atoms with Crippen LogP contribution in [0.2, 0.25) is 0 Å². The van der Waals surface area contributed by atoms with Crippen LogP contribution in [0.4, 0.5) is 10.1 Å². The average molecular weight is 335 g/mol. The Hall–Kier alpha value is -2.59. The summed E-state index contributed by atoms with van der Waals surface area (Å²) >= 11 is 1.48. The van der Waals surface area contributed by atoms with Crippen molar-refractivity contribution < 1.29 is 9.18 Å². The second-order valence-corrected chi connectivity index (χ2v) is 6.74. The summed E-state index contributed by atoms with van der Waals surface area (Å²) in [6.07, 6.45) is 1.62. The van der Waals surface area contributed by atoms with Crippen LogP contribution in [0.25, 0.3) is 10.8 Å². The minimum absolute atomic E-state index is 0.0524. The Kier molecular flexibility index (Phi) is 3.62. The van der Waals surface area contributed by atoms with E-state index in [1.54, 1.807) is 12.1 Å². The first-order valence-corrected chi connectivity index (χ1v) is 8.39. The molecule has 0 saturated carbocycles. The van der Waals surface area contributed by atoms with Gasteiger partial charge >= 0.3 is 0 Å². The van der Waals surface area contributed by atoms with E-state index in [1.807, 2.05) is 54.4 Å². The number of nitrogens with zero attached hydrogens (tertiary/aromatic N) is 1. The molecule has 0 bridgehead atoms. The van der Waals surface area contributed by atoms with Crippen molar-refractivity contribution in [3.63, 3.8) is 0 Å². The number of allylic oxidation sites excluding steroid dienone is 1. The van der Waals surface area contributed by atoms with Gasteiger partial charge in [-0.25, -0.2) is 4.39 Å². The van der Waals surface area contributed by atoms with Crippen molar-refractivity contribution >= 4 is 34.0 Å². The topological polar surface area (TPSA) is 20.3 Å². The molecule has 1 heterocycles. The van der Waals surface area contributed by atoms with Crippen molar-refractivity contribution in [3.05, 3.63) is 83.1 Å². The molecule has 1 aliphatic rings. The molecule has 0 amide bonds. The predicted molar refractivity (Wildman–Crippen MR) is 97.0 cm³/mol. The van der Waals surface area contributed by atoms with Crippen molar-refractivity contribution in [2.45, 2.75) is 4.90 Å². The lowest BCUT2D eigenvalue weighted by Gasteiger charge is -2.13. The quantitative estimate of drug-likeness (QED) is 0.471. The lowest BCUT2D eigenvalue weighted by Crippen LogP contribution is -2.11. The van der Waals surface area contributed by atoms with E-state index in [2.05, 4.69) is 0 Å². The fourth-order valence-electron chi connectivity index (χ4n) is 2.80. The molecule has 0 N–H and O–H groups in total. The van der Waals surface area contributed by atoms with Gasteiger partial charge < -0.3 is 4.90 Å². The van der Waals surface area contributed by atoms with Crippen molar-refractivity contribution in [1.29, 1.82) is 0 Å². The number of fused-ring (bicyclic) bond motifs is 2. The summed E-state index contributed by atoms with van der Waals surface area (Å²) in [5.74, 6) is -0.327. The summed E-state index contributed by atoms with van der Waals surface area (Å²) in [6.45, 7) is 0. The lowest BCUT2D eigenvalue weighted by molar-refractivity contribution is 0.104. The van der Waals surface area contributed by atoms with E-state index in [0.717, 1.165) is 26.4 Å². The van der Waals surface area contributed by atoms with Crippen LogP contribution < -0.4 is 4.90 Å². The largest absolute Gasteiger partial charge is 0.338 e. The van der Waals surface area contributed by atoms with Gasteiger partial charge in [-0.2, -0.15) is 0 Å². The van der Waals surface area contributed by atoms with Crippen LogP contribution in [0.5, 0.6) is 0 Å². The maximum absolute atomic E-state index is 13.4. The van der Waals surface area contributed by atoms with Gasteiger partial charge in [-0.3, -0.25) is 4.79 Å². The predicted octanol–water partition coefficient (Wildman–Crippen LogP) is 5.25. The van der Waals surface area contributed by atoms with Crippen LogP contribution in [0.15, 0.2) is 76.7 Å². The van der Waals surface area contributed by atoms with E-state index >= 15 is 0 Å². The Balaban J connectivity index is 1.66. The molecular weight excluding hydrogens is 321 g/mol. The molecule has 2 nitrogen and oxygen atoms in total. The molecule has 3 aromatic carbocycles. The number of ketones is 1. The third-order valence-electron chi connectivity index (χ3n) is 4.12. The molecule has 118 valence electrons. The van der Waals surface area contributed by atoms with Crippen molar-refractivity contribution in [2.24, 2.45) is 0 Å². The van der Waals surface area contributed by atoms with Crippen LogP contribution in [0.1, 0.15) is 10.4 Å². The first kappa shape index (κ1) is 15.0. The number of anilines is 1. The molecule has 0 atom stereocenters. The Morgan fingerprint density at radius 1 is 1.04 bits per heavy atom. The Morgan fingerprint density at radius 3 is 2.67 bits per heavy atom. The first-order valence-electron chi connectivity index (χ1n) is 7.58. The average Bonchev–Trinajstić information content (AvgIpc) is 2.90. The highest BCUT2D eigenvalue weighted by Crippen LogP contribution is 2.45. The number of halogens is 1. The van der Waals surface area contributed by atoms with E-state index in [-0.39, 0.29) is 11.6 Å². The molecule has 0 saturated heterocycles. The second kappa shape index (κ2) is 5.80. The maximum atomic E-state index is 13.4. The van der Waals surface area contributed by atoms with Crippen LogP contribution in [0, 0.1) is 5.82 Å². The monoisotopic (exact) mass is 335 g/mol. The smallest absolute Gasteiger partial charge is 0.188 e. The number of thioether (sulfide) groups is 1. The number of rotatable bonds is 2. The molecule has 0 spiro atoms. The SMILES string of the molecule is CN1C(=CC(=O)c2ccc3ccccc3c2)Sc2ccc(F)cc21. The van der Waals surface area contributed by atoms with Crippen molar-refractivity contribution in [1.82, 2.24) is 0 Å². The Labute approximate surface area is 143 Å². The van der Waals surface area contributed by atoms with Gasteiger partial charge in [0.2, 0.25) is 0 Å². The van der Waals surface area contributed by atoms with Gasteiger partial charge in [0.25, 0.3) is 0 Å². The third kappa shape index (κ3) is 2.59. The highest BCUT2D eigenvalue weighted by Gasteiger charge is 2.23. The van der Waals surface area contributed by atoms with E-state index in [0.29, 0.717) is 5.56 Å². The molecule has 0 unspecified atom stereocenters. The molecule has 24 heavy (non-hydrogen) atoms. The zero-order valence-corrected chi connectivity index (χ0v) is 13.8. The zero-order valence-electron chi connectivity index (χ0n) is 13.0. The molecule has 0 fully saturated rings. The van der Waals surface area contributed by atoms with Gasteiger partial charge in [0, 0.05) is 23.6 Å². The molecule has 1 aliphatic heterocycles. The summed E-state index contributed by atoms with van der Waals surface area (Å²) in [6, 6.07) is 18.3. The minimum atomic E-state index is -0.275. The van der Waals surface area contributed by atoms with Gasteiger partial charge in [0.1, 0.15) is 5.82 Å². The van der Waals surface area contributed by atoms with Crippen molar-refractivity contribution in [2.75, 3.05) is 11.9 Å². The zero-order chi connectivity index (χ0) is 16.7. The maximum Gasteiger partial charge on any atom is 0.188 e. The van der Waals surface area contributed by atoms with Gasteiger partial charge in [-0.05, 0) is 35.0 Å². The van der Waals surface area contributed by atoms with E-state index < -0.39 is 0 Å². The van der Waals surface area contributed by atoms with E-state index in [4.69, 9.17) is 0 Å². The summed E-state index contributed by atoms with van der Waals surface area (Å²) in [7, 11) is 1.85. The van der Waals surface area contributed by atoms with Gasteiger partial charge in [-0.15, -0.1) is 0 Å². The summed E-state index contributed by atoms with van der Waals surface area (Å²) in [5.41, 5.74) is 1.44. The number of carbonyl (C=O) groups is 1. The van der Waals surface area contributed by atoms with E-state index in [9.17, 15) is 9.18 Å². The summed E-state index contributed by atoms with van der Waals surface area (Å²) < 4.78 is 13.4. The fraction of sp³-hybridized carbons (Fsp3) is 0.0500. The van der Waals surface area contributed by atoms with E-state index in [1.165, 1.54) is 23.9 Å². The lowest BCUT2D eigenvalue weighted by atomic mass is 10.0. The van der Waals surface area contributed by atoms with Crippen LogP contribution in [-0.2, 0) is 0 Å². The minimum Gasteiger partial charge on any atom is -0.338 e. The molecule has 0 radical (unpaired) electrons. The highest BCUT2D eigenvalue weighted by atomic mass is 32.2. The molecule has 4 heteroatoms. The number of hydrogen-bond acceptors (Lipinski definition) is 3. The number of hydrogen-bond donors (Lipinski definition) is 0. The second-order valence-electron chi connectivity index (χ2n) is 5.68. The van der Waals surface area contributed by atoms with Gasteiger partial charge in [0.05, 0.1) is 10.7 Å². The van der Waals surface area contributed by atoms with Gasteiger partial charge in [0.15, 0.2) is 5.78 Å². The van der Waals surface area contributed by atoms with Crippen LogP contribution in [0.3, 0.4) is 0 Å². The Morgan fingerprint density at radius 2 is 1.83 bits per heavy atom. The first-order chi connectivity index (χ1) is 11.6. The Bertz CT molecular complexity index is 996. The summed E-state index contributed by atoms with van der Waals surface area (Å²) in [4.78, 5) is 15.4. The number of benzene rings is 3. The van der Waals surface area contributed by atoms with Crippen LogP contribution in [-0.4, -0.2) is 12.8 Å². The normalized spacial score (nSPS) is 15.1. The molecule has 3 aromatic rings. The molecule has 4 rings (SSSR count). The molecule has 0 aliphatic carbocycles.